The van der Waals surface area contributed by atoms with Crippen LogP contribution >= 0.6 is 0 Å². The first kappa shape index (κ1) is 16.5. The molecular weight excluding hydrogens is 290 g/mol. The maximum absolute atomic E-state index is 13.5. The van der Waals surface area contributed by atoms with E-state index in [0.29, 0.717) is 10.4 Å². The monoisotopic (exact) mass is 306 g/mol. The zero-order valence-corrected chi connectivity index (χ0v) is 12.2. The van der Waals surface area contributed by atoms with Gasteiger partial charge in [0, 0.05) is 13.1 Å². The van der Waals surface area contributed by atoms with Gasteiger partial charge in [0.15, 0.2) is 0 Å². The van der Waals surface area contributed by atoms with E-state index < -0.39 is 39.0 Å². The molecule has 0 bridgehead atoms. The van der Waals surface area contributed by atoms with Crippen LogP contribution in [0.25, 0.3) is 0 Å². The molecule has 8 heteroatoms. The van der Waals surface area contributed by atoms with Gasteiger partial charge in [0.05, 0.1) is 6.54 Å². The Morgan fingerprint density at radius 3 is 2.50 bits per heavy atom. The Kier molecular flexibility index (Phi) is 5.18. The highest BCUT2D eigenvalue weighted by Gasteiger charge is 2.26. The van der Waals surface area contributed by atoms with Crippen LogP contribution in [-0.2, 0) is 14.8 Å². The highest BCUT2D eigenvalue weighted by molar-refractivity contribution is 7.89. The van der Waals surface area contributed by atoms with E-state index in [1.54, 1.807) is 13.8 Å². The van der Waals surface area contributed by atoms with Gasteiger partial charge < -0.3 is 5.32 Å². The number of amides is 1. The number of rotatable bonds is 5. The third kappa shape index (κ3) is 3.97. The van der Waals surface area contributed by atoms with E-state index in [-0.39, 0.29) is 6.04 Å². The number of carbonyl (C=O) groups is 1. The number of nitrogens with one attached hydrogen (secondary N) is 1. The van der Waals surface area contributed by atoms with Gasteiger partial charge in [-0.2, -0.15) is 4.31 Å². The summed E-state index contributed by atoms with van der Waals surface area (Å²) in [7, 11) is -3.14. The SMILES string of the molecule is CC(C)NC(=O)CN(C)S(=O)(=O)c1cc(F)ccc1F. The first-order chi connectivity index (χ1) is 9.14. The molecule has 0 saturated heterocycles. The smallest absolute Gasteiger partial charge is 0.246 e. The van der Waals surface area contributed by atoms with Crippen molar-refractivity contribution < 1.29 is 22.0 Å². The lowest BCUT2D eigenvalue weighted by Crippen LogP contribution is -2.41. The van der Waals surface area contributed by atoms with Crippen LogP contribution in [0.3, 0.4) is 0 Å². The Morgan fingerprint density at radius 2 is 1.95 bits per heavy atom. The molecular formula is C12H16F2N2O3S. The number of hydrogen-bond donors (Lipinski definition) is 1. The summed E-state index contributed by atoms with van der Waals surface area (Å²) in [4.78, 5) is 10.7. The summed E-state index contributed by atoms with van der Waals surface area (Å²) in [5.41, 5.74) is 0. The molecule has 0 aliphatic rings. The summed E-state index contributed by atoms with van der Waals surface area (Å²) in [6, 6.07) is 1.98. The largest absolute Gasteiger partial charge is 0.353 e. The molecule has 0 aromatic heterocycles. The van der Waals surface area contributed by atoms with Crippen LogP contribution in [0.1, 0.15) is 13.8 Å². The molecule has 0 saturated carbocycles. The summed E-state index contributed by atoms with van der Waals surface area (Å²) >= 11 is 0. The molecule has 1 rings (SSSR count). The Bertz CT molecular complexity index is 603. The van der Waals surface area contributed by atoms with Crippen molar-refractivity contribution in [2.75, 3.05) is 13.6 Å². The molecule has 0 aliphatic heterocycles. The van der Waals surface area contributed by atoms with Gasteiger partial charge in [-0.25, -0.2) is 17.2 Å². The van der Waals surface area contributed by atoms with Crippen molar-refractivity contribution in [1.82, 2.24) is 9.62 Å². The van der Waals surface area contributed by atoms with Crippen molar-refractivity contribution in [3.63, 3.8) is 0 Å². The van der Waals surface area contributed by atoms with Gasteiger partial charge >= 0.3 is 0 Å². The first-order valence-electron chi connectivity index (χ1n) is 5.85. The van der Waals surface area contributed by atoms with Gasteiger partial charge in [-0.05, 0) is 32.0 Å². The van der Waals surface area contributed by atoms with E-state index in [4.69, 9.17) is 0 Å². The molecule has 20 heavy (non-hydrogen) atoms. The van der Waals surface area contributed by atoms with Gasteiger partial charge in [-0.3, -0.25) is 4.79 Å². The van der Waals surface area contributed by atoms with Crippen LogP contribution < -0.4 is 5.32 Å². The molecule has 0 aliphatic carbocycles. The zero-order chi connectivity index (χ0) is 15.5. The molecule has 0 unspecified atom stereocenters. The van der Waals surface area contributed by atoms with Crippen LogP contribution in [0.2, 0.25) is 0 Å². The normalized spacial score (nSPS) is 11.9. The average Bonchev–Trinajstić information content (AvgIpc) is 2.30. The summed E-state index contributed by atoms with van der Waals surface area (Å²) in [6.45, 7) is 2.97. The molecule has 1 amide bonds. The second-order valence-electron chi connectivity index (χ2n) is 4.56. The maximum Gasteiger partial charge on any atom is 0.246 e. The highest BCUT2D eigenvalue weighted by Crippen LogP contribution is 2.19. The number of hydrogen-bond acceptors (Lipinski definition) is 3. The van der Waals surface area contributed by atoms with Crippen molar-refractivity contribution in [3.8, 4) is 0 Å². The number of carbonyl (C=O) groups excluding carboxylic acids is 1. The van der Waals surface area contributed by atoms with Crippen molar-refractivity contribution in [2.24, 2.45) is 0 Å². The van der Waals surface area contributed by atoms with E-state index in [1.165, 1.54) is 0 Å². The van der Waals surface area contributed by atoms with E-state index in [9.17, 15) is 22.0 Å². The first-order valence-corrected chi connectivity index (χ1v) is 7.29. The average molecular weight is 306 g/mol. The lowest BCUT2D eigenvalue weighted by molar-refractivity contribution is -0.121. The van der Waals surface area contributed by atoms with E-state index in [2.05, 4.69) is 5.32 Å². The number of halogens is 2. The maximum atomic E-state index is 13.5. The van der Waals surface area contributed by atoms with Gasteiger partial charge in [0.2, 0.25) is 15.9 Å². The molecule has 112 valence electrons. The second kappa shape index (κ2) is 6.27. The van der Waals surface area contributed by atoms with Crippen LogP contribution in [0.4, 0.5) is 8.78 Å². The summed E-state index contributed by atoms with van der Waals surface area (Å²) in [6.07, 6.45) is 0. The highest BCUT2D eigenvalue weighted by atomic mass is 32.2. The van der Waals surface area contributed by atoms with Crippen LogP contribution in [0, 0.1) is 11.6 Å². The van der Waals surface area contributed by atoms with Crippen molar-refractivity contribution >= 4 is 15.9 Å². The van der Waals surface area contributed by atoms with E-state index in [1.807, 2.05) is 0 Å². The van der Waals surface area contributed by atoms with Gasteiger partial charge in [0.25, 0.3) is 0 Å². The minimum Gasteiger partial charge on any atom is -0.353 e. The molecule has 1 aromatic rings. The predicted molar refractivity (Wildman–Crippen MR) is 69.5 cm³/mol. The minimum absolute atomic E-state index is 0.149. The Labute approximate surface area is 116 Å². The Morgan fingerprint density at radius 1 is 1.35 bits per heavy atom. The van der Waals surface area contributed by atoms with E-state index in [0.717, 1.165) is 19.2 Å². The summed E-state index contributed by atoms with van der Waals surface area (Å²) in [5, 5.41) is 2.51. The summed E-state index contributed by atoms with van der Waals surface area (Å²) < 4.78 is 51.3. The van der Waals surface area contributed by atoms with Crippen LogP contribution in [-0.4, -0.2) is 38.3 Å². The quantitative estimate of drug-likeness (QED) is 0.886. The topological polar surface area (TPSA) is 66.5 Å². The fourth-order valence-corrected chi connectivity index (χ4v) is 2.70. The molecule has 0 spiro atoms. The predicted octanol–water partition coefficient (Wildman–Crippen LogP) is 1.11. The Hall–Kier alpha value is -1.54. The molecule has 0 atom stereocenters. The second-order valence-corrected chi connectivity index (χ2v) is 6.57. The summed E-state index contributed by atoms with van der Waals surface area (Å²) in [5.74, 6) is -2.46. The van der Waals surface area contributed by atoms with Gasteiger partial charge in [-0.1, -0.05) is 0 Å². The standard InChI is InChI=1S/C12H16F2N2O3S/c1-8(2)15-12(17)7-16(3)20(18,19)11-6-9(13)4-5-10(11)14/h4-6,8H,7H2,1-3H3,(H,15,17). The molecule has 0 radical (unpaired) electrons. The number of benzene rings is 1. The number of sulfonamides is 1. The third-order valence-corrected chi connectivity index (χ3v) is 4.22. The van der Waals surface area contributed by atoms with Crippen LogP contribution in [0.15, 0.2) is 23.1 Å². The lowest BCUT2D eigenvalue weighted by Gasteiger charge is -2.18. The Balaban J connectivity index is 2.98. The fourth-order valence-electron chi connectivity index (χ4n) is 1.50. The van der Waals surface area contributed by atoms with Crippen molar-refractivity contribution in [2.45, 2.75) is 24.8 Å². The van der Waals surface area contributed by atoms with Crippen molar-refractivity contribution in [1.29, 1.82) is 0 Å². The van der Waals surface area contributed by atoms with Crippen LogP contribution in [0.5, 0.6) is 0 Å². The fraction of sp³-hybridized carbons (Fsp3) is 0.417. The molecule has 1 N–H and O–H groups in total. The third-order valence-electron chi connectivity index (χ3n) is 2.40. The zero-order valence-electron chi connectivity index (χ0n) is 11.4. The van der Waals surface area contributed by atoms with E-state index >= 15 is 0 Å². The lowest BCUT2D eigenvalue weighted by atomic mass is 10.3. The number of nitrogens with zero attached hydrogens (tertiary/aromatic N) is 1. The molecule has 1 aromatic carbocycles. The number of likely N-dealkylation sites (N-methyl/N-ethyl adjacent to an activating group) is 1. The van der Waals surface area contributed by atoms with Gasteiger partial charge in [0.1, 0.15) is 16.5 Å². The molecule has 5 nitrogen and oxygen atoms in total. The minimum atomic E-state index is -4.27. The molecule has 0 fully saturated rings. The van der Waals surface area contributed by atoms with Gasteiger partial charge in [-0.15, -0.1) is 0 Å². The molecule has 0 heterocycles. The van der Waals surface area contributed by atoms with Crippen molar-refractivity contribution in [3.05, 3.63) is 29.8 Å².